The highest BCUT2D eigenvalue weighted by molar-refractivity contribution is 5.99. The summed E-state index contributed by atoms with van der Waals surface area (Å²) in [7, 11) is 8.10. The Bertz CT molecular complexity index is 1300. The lowest BCUT2D eigenvalue weighted by molar-refractivity contribution is -0.141. The van der Waals surface area contributed by atoms with E-state index in [9.17, 15) is 14.4 Å². The van der Waals surface area contributed by atoms with Crippen molar-refractivity contribution < 1.29 is 14.4 Å². The molecule has 3 atom stereocenters. The van der Waals surface area contributed by atoms with Gasteiger partial charge in [-0.05, 0) is 100 Å². The van der Waals surface area contributed by atoms with Crippen molar-refractivity contribution in [1.82, 2.24) is 20.4 Å². The van der Waals surface area contributed by atoms with Crippen LogP contribution in [0.15, 0.2) is 36.4 Å². The fourth-order valence-corrected chi connectivity index (χ4v) is 6.90. The topological polar surface area (TPSA) is 85.0 Å². The summed E-state index contributed by atoms with van der Waals surface area (Å²) in [6.07, 6.45) is 4.75. The predicted octanol–water partition coefficient (Wildman–Crippen LogP) is 4.84. The quantitative estimate of drug-likeness (QED) is 0.437. The zero-order chi connectivity index (χ0) is 31.4. The summed E-state index contributed by atoms with van der Waals surface area (Å²) in [6, 6.07) is 13.5. The van der Waals surface area contributed by atoms with Crippen LogP contribution in [0.4, 0.5) is 5.69 Å². The van der Waals surface area contributed by atoms with Gasteiger partial charge in [-0.15, -0.1) is 0 Å². The molecule has 0 aromatic heterocycles. The number of nitrogens with one attached hydrogen (secondary N) is 2. The highest BCUT2D eigenvalue weighted by atomic mass is 16.2. The van der Waals surface area contributed by atoms with Crippen LogP contribution in [0.5, 0.6) is 0 Å². The van der Waals surface area contributed by atoms with Crippen molar-refractivity contribution in [1.29, 1.82) is 0 Å². The summed E-state index contributed by atoms with van der Waals surface area (Å²) in [5.41, 5.74) is 5.91. The van der Waals surface area contributed by atoms with E-state index >= 15 is 0 Å². The van der Waals surface area contributed by atoms with Gasteiger partial charge in [0, 0.05) is 63.5 Å². The molecule has 1 aliphatic heterocycles. The van der Waals surface area contributed by atoms with Gasteiger partial charge < -0.3 is 25.3 Å². The normalized spacial score (nSPS) is 24.2. The summed E-state index contributed by atoms with van der Waals surface area (Å²) >= 11 is 0. The fourth-order valence-electron chi connectivity index (χ4n) is 6.90. The zero-order valence-electron chi connectivity index (χ0n) is 27.4. The fraction of sp³-hybridized carbons (Fsp3) is 0.571. The number of carbonyl (C=O) groups is 3. The molecule has 4 rings (SSSR count). The van der Waals surface area contributed by atoms with Crippen LogP contribution >= 0.6 is 0 Å². The van der Waals surface area contributed by atoms with Crippen LogP contribution in [0.1, 0.15) is 74.4 Å². The van der Waals surface area contributed by atoms with Gasteiger partial charge in [0.1, 0.15) is 0 Å². The van der Waals surface area contributed by atoms with Crippen molar-refractivity contribution in [2.24, 2.45) is 11.8 Å². The van der Waals surface area contributed by atoms with Crippen LogP contribution in [0.3, 0.4) is 0 Å². The smallest absolute Gasteiger partial charge is 0.251 e. The summed E-state index contributed by atoms with van der Waals surface area (Å²) in [4.78, 5) is 44.7. The molecule has 43 heavy (non-hydrogen) atoms. The Morgan fingerprint density at radius 1 is 0.977 bits per heavy atom. The highest BCUT2D eigenvalue weighted by Gasteiger charge is 2.36. The van der Waals surface area contributed by atoms with Crippen molar-refractivity contribution in [2.75, 3.05) is 39.6 Å². The first-order valence-corrected chi connectivity index (χ1v) is 15.8. The lowest BCUT2D eigenvalue weighted by Crippen LogP contribution is -2.51. The van der Waals surface area contributed by atoms with Crippen LogP contribution in [-0.4, -0.2) is 80.4 Å². The Kier molecular flexibility index (Phi) is 10.5. The second-order valence-corrected chi connectivity index (χ2v) is 13.2. The first-order valence-electron chi connectivity index (χ1n) is 15.8. The van der Waals surface area contributed by atoms with Crippen LogP contribution in [0, 0.1) is 18.8 Å². The van der Waals surface area contributed by atoms with E-state index in [4.69, 9.17) is 0 Å². The van der Waals surface area contributed by atoms with E-state index in [1.54, 1.807) is 6.92 Å². The van der Waals surface area contributed by atoms with Crippen molar-refractivity contribution >= 4 is 23.4 Å². The molecule has 8 nitrogen and oxygen atoms in total. The van der Waals surface area contributed by atoms with E-state index in [1.165, 1.54) is 5.56 Å². The van der Waals surface area contributed by atoms with Crippen molar-refractivity contribution in [3.63, 3.8) is 0 Å². The van der Waals surface area contributed by atoms with Gasteiger partial charge in [0.05, 0.1) is 5.92 Å². The molecule has 234 valence electrons. The number of likely N-dealkylation sites (tertiary alicyclic amines) is 1. The summed E-state index contributed by atoms with van der Waals surface area (Å²) in [5.74, 6) is -0.0303. The number of anilines is 1. The van der Waals surface area contributed by atoms with Crippen molar-refractivity contribution in [2.45, 2.75) is 84.5 Å². The second-order valence-electron chi connectivity index (χ2n) is 13.2. The number of benzene rings is 2. The van der Waals surface area contributed by atoms with Crippen LogP contribution in [0.2, 0.25) is 0 Å². The molecule has 2 N–H and O–H groups in total. The minimum absolute atomic E-state index is 0.0260. The molecule has 3 unspecified atom stereocenters. The Labute approximate surface area is 258 Å². The van der Waals surface area contributed by atoms with Gasteiger partial charge in [0.2, 0.25) is 11.8 Å². The number of amides is 3. The van der Waals surface area contributed by atoms with E-state index in [2.05, 4.69) is 85.8 Å². The first-order chi connectivity index (χ1) is 20.3. The molecule has 0 radical (unpaired) electrons. The maximum absolute atomic E-state index is 13.8. The van der Waals surface area contributed by atoms with Crippen molar-refractivity contribution in [3.8, 4) is 11.1 Å². The molecule has 2 fully saturated rings. The zero-order valence-corrected chi connectivity index (χ0v) is 27.4. The summed E-state index contributed by atoms with van der Waals surface area (Å²) in [5, 5.41) is 6.21. The average Bonchev–Trinajstić information content (AvgIpc) is 2.96. The van der Waals surface area contributed by atoms with Crippen LogP contribution in [0.25, 0.3) is 11.1 Å². The van der Waals surface area contributed by atoms with E-state index in [-0.39, 0.29) is 41.6 Å². The van der Waals surface area contributed by atoms with Gasteiger partial charge in [0.25, 0.3) is 5.91 Å². The largest absolute Gasteiger partial charge is 0.371 e. The molecule has 0 bridgehead atoms. The molecule has 2 aromatic rings. The number of rotatable bonds is 9. The Morgan fingerprint density at radius 3 is 2.23 bits per heavy atom. The molecule has 0 spiro atoms. The van der Waals surface area contributed by atoms with Crippen LogP contribution < -0.4 is 15.5 Å². The number of piperidine rings is 1. The van der Waals surface area contributed by atoms with Crippen LogP contribution in [-0.2, 0) is 16.1 Å². The molecule has 1 aliphatic carbocycles. The molecular formula is C35H51N5O3. The average molecular weight is 590 g/mol. The molecule has 8 heteroatoms. The summed E-state index contributed by atoms with van der Waals surface area (Å²) in [6.45, 7) is 8.99. The number of carbonyl (C=O) groups excluding carboxylic acids is 3. The van der Waals surface area contributed by atoms with Gasteiger partial charge in [0.15, 0.2) is 0 Å². The highest BCUT2D eigenvalue weighted by Crippen LogP contribution is 2.35. The third-order valence-corrected chi connectivity index (χ3v) is 9.65. The lowest BCUT2D eigenvalue weighted by atomic mass is 9.83. The molecule has 2 aliphatic rings. The van der Waals surface area contributed by atoms with E-state index in [0.29, 0.717) is 18.2 Å². The maximum atomic E-state index is 13.8. The Balaban J connectivity index is 1.62. The lowest BCUT2D eigenvalue weighted by Gasteiger charge is -2.39. The van der Waals surface area contributed by atoms with Gasteiger partial charge in [-0.25, -0.2) is 0 Å². The predicted molar refractivity (Wildman–Crippen MR) is 174 cm³/mol. The third kappa shape index (κ3) is 7.77. The molecule has 1 heterocycles. The summed E-state index contributed by atoms with van der Waals surface area (Å²) < 4.78 is 0. The maximum Gasteiger partial charge on any atom is 0.251 e. The van der Waals surface area contributed by atoms with Crippen molar-refractivity contribution in [3.05, 3.63) is 53.1 Å². The van der Waals surface area contributed by atoms with E-state index in [0.717, 1.165) is 61.0 Å². The van der Waals surface area contributed by atoms with E-state index < -0.39 is 0 Å². The number of hydrogen-bond acceptors (Lipinski definition) is 5. The minimum atomic E-state index is -0.223. The third-order valence-electron chi connectivity index (χ3n) is 9.65. The number of nitrogens with zero attached hydrogens (tertiary/aromatic N) is 3. The van der Waals surface area contributed by atoms with Gasteiger partial charge in [-0.1, -0.05) is 31.2 Å². The molecular weight excluding hydrogens is 538 g/mol. The Morgan fingerprint density at radius 2 is 1.63 bits per heavy atom. The van der Waals surface area contributed by atoms with Gasteiger partial charge in [-0.3, -0.25) is 14.4 Å². The van der Waals surface area contributed by atoms with Gasteiger partial charge >= 0.3 is 0 Å². The monoisotopic (exact) mass is 589 g/mol. The molecule has 2 aromatic carbocycles. The standard InChI is InChI=1S/C35H51N5O3/c1-22-17-23(2)39(7)35(43)32(22)20-36-34(42)31-18-28(27-11-9-26(10-12-27)21-38(5)6)19-33(24(31)3)40(8)30-15-13-29(14-16-30)37-25(4)41/h9-12,18-19,22-23,29-30,32H,13-17,20-21H2,1-8H3,(H,36,42)(H,37,41)/t22?,23?,29-,30-,32?. The molecule has 1 saturated heterocycles. The Hall–Kier alpha value is -3.39. The number of hydrogen-bond donors (Lipinski definition) is 2. The minimum Gasteiger partial charge on any atom is -0.371 e. The first kappa shape index (κ1) is 32.5. The van der Waals surface area contributed by atoms with E-state index in [1.807, 2.05) is 24.9 Å². The second kappa shape index (κ2) is 13.9. The van der Waals surface area contributed by atoms with Gasteiger partial charge in [-0.2, -0.15) is 0 Å². The SMILES string of the molecule is CC(=O)N[C@H]1CC[C@H](N(C)c2cc(-c3ccc(CN(C)C)cc3)cc(C(=O)NCC3C(=O)N(C)C(C)CC3C)c2C)CC1. The molecule has 3 amide bonds. The molecule has 1 saturated carbocycles.